The molecule has 17 heteroatoms. The largest absolute Gasteiger partial charge is 1.00 e. The van der Waals surface area contributed by atoms with E-state index >= 15 is 0 Å². The van der Waals surface area contributed by atoms with Gasteiger partial charge in [0, 0.05) is 70.7 Å². The smallest absolute Gasteiger partial charge is 0.545 e. The van der Waals surface area contributed by atoms with Crippen molar-refractivity contribution >= 4 is 58.4 Å². The molecule has 0 spiro atoms. The second kappa shape index (κ2) is 33.7. The molecule has 0 fully saturated rings. The number of para-hydroxylation sites is 1. The van der Waals surface area contributed by atoms with Crippen molar-refractivity contribution in [3.63, 3.8) is 0 Å². The molecule has 3 heterocycles. The number of benzene rings is 9. The monoisotopic (exact) mass is 1360 g/mol. The molecule has 16 nitrogen and oxygen atoms in total. The number of carbonyl (C=O) groups is 6. The summed E-state index contributed by atoms with van der Waals surface area (Å²) in [4.78, 5) is 89.6. The summed E-state index contributed by atoms with van der Waals surface area (Å²) in [6, 6.07) is 72.8. The predicted octanol–water partition coefficient (Wildman–Crippen LogP) is 14.5. The van der Waals surface area contributed by atoms with Gasteiger partial charge in [0.15, 0.2) is 0 Å². The maximum absolute atomic E-state index is 13.3. The number of aryl methyl sites for hydroxylation is 2. The number of amides is 3. The van der Waals surface area contributed by atoms with E-state index in [1.807, 2.05) is 204 Å². The molecule has 0 aliphatic rings. The molecule has 0 bridgehead atoms. The van der Waals surface area contributed by atoms with Crippen molar-refractivity contribution < 1.29 is 72.9 Å². The van der Waals surface area contributed by atoms with Crippen LogP contribution in [0.5, 0.6) is 0 Å². The molecular formula is C85H74N7NaO9. The van der Waals surface area contributed by atoms with Gasteiger partial charge in [0.1, 0.15) is 11.2 Å². The summed E-state index contributed by atoms with van der Waals surface area (Å²) in [7, 11) is 0. The number of aromatic carboxylic acids is 1. The standard InChI is InChI=1S/C30H28N2O3.C29H27N3O3.C26H20N2O3.Na/c1-20-10-8-9-13-25(20)22-14-15-26(29(34)35-30(2,3)4)27(17-22)32-28(33)24-16-23(18-31-19-24)21-11-6-5-7-12-21;1-29(2,3)35-28(34)24-14-13-20(23-11-7-8-12-25(23)30)16-26(24)32-27(33)22-15-21(17-31-18-22)19-9-5-4-6-10-19;1-17-7-5-6-10-22(17)19-11-12-23(26(30)31)24(14-19)28-25(29)21-13-20(15-27-16-21)18-8-3-2-4-9-18;/h5-19H,1-4H3,(H,32,33);4-18H,30H2,1-3H3,(H,32,33);2-16H,1H3,(H,28,29)(H,30,31);/q;;;+1/p-1. The Morgan fingerprint density at radius 3 is 0.961 bits per heavy atom. The molecule has 102 heavy (non-hydrogen) atoms. The SMILES string of the molecule is CC(C)(C)OC(=O)c1ccc(-c2ccccc2N)cc1NC(=O)c1cncc(-c2ccccc2)c1.Cc1ccccc1-c1ccc(C(=O)OC(C)(C)C)c(NC(=O)c2cncc(-c3ccccc3)c2)c1.Cc1ccccc1-c1ccc(C(=O)[O-])c(NC(=O)c2cncc(-c3ccccc3)c2)c1.[Na+]. The van der Waals surface area contributed by atoms with E-state index in [0.717, 1.165) is 77.9 Å². The molecule has 12 rings (SSSR count). The molecule has 0 radical (unpaired) electrons. The number of anilines is 4. The van der Waals surface area contributed by atoms with Crippen molar-refractivity contribution in [1.29, 1.82) is 0 Å². The van der Waals surface area contributed by atoms with Crippen LogP contribution in [-0.2, 0) is 9.47 Å². The van der Waals surface area contributed by atoms with E-state index in [1.165, 1.54) is 24.7 Å². The van der Waals surface area contributed by atoms with Gasteiger partial charge in [0.2, 0.25) is 0 Å². The van der Waals surface area contributed by atoms with Crippen LogP contribution in [0.15, 0.2) is 274 Å². The predicted molar refractivity (Wildman–Crippen MR) is 397 cm³/mol. The molecule has 0 aliphatic carbocycles. The maximum Gasteiger partial charge on any atom is 1.00 e. The number of nitrogens with two attached hydrogens (primary N) is 1. The third kappa shape index (κ3) is 19.7. The Morgan fingerprint density at radius 2 is 0.637 bits per heavy atom. The molecule has 0 saturated carbocycles. The summed E-state index contributed by atoms with van der Waals surface area (Å²) in [6.07, 6.45) is 9.56. The Balaban J connectivity index is 0.000000177. The van der Waals surface area contributed by atoms with Crippen molar-refractivity contribution in [3.05, 3.63) is 318 Å². The number of aromatic nitrogens is 3. The first-order valence-corrected chi connectivity index (χ1v) is 32.5. The quantitative estimate of drug-likeness (QED) is 0.0424. The Bertz CT molecular complexity index is 4800. The van der Waals surface area contributed by atoms with Crippen LogP contribution in [-0.4, -0.2) is 61.8 Å². The first kappa shape index (κ1) is 74.3. The number of ether oxygens (including phenoxy) is 2. The van der Waals surface area contributed by atoms with Crippen molar-refractivity contribution in [3.8, 4) is 66.8 Å². The zero-order valence-corrected chi connectivity index (χ0v) is 60.1. The molecule has 12 aromatic rings. The van der Waals surface area contributed by atoms with E-state index in [-0.39, 0.29) is 57.8 Å². The van der Waals surface area contributed by atoms with Gasteiger partial charge in [0.25, 0.3) is 17.7 Å². The van der Waals surface area contributed by atoms with Gasteiger partial charge in [0.05, 0.1) is 50.8 Å². The van der Waals surface area contributed by atoms with Gasteiger partial charge in [-0.25, -0.2) is 9.59 Å². The molecule has 0 unspecified atom stereocenters. The van der Waals surface area contributed by atoms with E-state index in [0.29, 0.717) is 33.8 Å². The van der Waals surface area contributed by atoms with Crippen LogP contribution in [0, 0.1) is 13.8 Å². The molecule has 5 N–H and O–H groups in total. The molecular weight excluding hydrogens is 1290 g/mol. The van der Waals surface area contributed by atoms with Gasteiger partial charge < -0.3 is 41.1 Å². The maximum atomic E-state index is 13.3. The molecule has 3 aromatic heterocycles. The summed E-state index contributed by atoms with van der Waals surface area (Å²) >= 11 is 0. The average Bonchev–Trinajstić information content (AvgIpc) is 0.816. The van der Waals surface area contributed by atoms with E-state index < -0.39 is 40.9 Å². The van der Waals surface area contributed by atoms with Crippen molar-refractivity contribution in [2.45, 2.75) is 66.6 Å². The number of nitrogen functional groups attached to an aromatic ring is 1. The van der Waals surface area contributed by atoms with E-state index in [1.54, 1.807) is 100 Å². The fourth-order valence-corrected chi connectivity index (χ4v) is 10.8. The number of pyridine rings is 3. The second-order valence-electron chi connectivity index (χ2n) is 25.6. The zero-order valence-electron chi connectivity index (χ0n) is 58.1. The Hall–Kier alpha value is -12.0. The topological polar surface area (TPSA) is 245 Å². The second-order valence-corrected chi connectivity index (χ2v) is 25.6. The van der Waals surface area contributed by atoms with Gasteiger partial charge in [-0.2, -0.15) is 0 Å². The summed E-state index contributed by atoms with van der Waals surface area (Å²) in [5, 5.41) is 20.1. The van der Waals surface area contributed by atoms with Gasteiger partial charge in [-0.15, -0.1) is 0 Å². The zero-order chi connectivity index (χ0) is 71.8. The van der Waals surface area contributed by atoms with Crippen LogP contribution in [0.1, 0.15) is 115 Å². The van der Waals surface area contributed by atoms with Crippen LogP contribution >= 0.6 is 0 Å². The fraction of sp³-hybridized carbons (Fsp3) is 0.118. The van der Waals surface area contributed by atoms with Crippen LogP contribution in [0.3, 0.4) is 0 Å². The molecule has 0 atom stereocenters. The molecule has 0 aliphatic heterocycles. The number of hydrogen-bond acceptors (Lipinski definition) is 13. The van der Waals surface area contributed by atoms with Crippen LogP contribution in [0.2, 0.25) is 0 Å². The number of nitrogens with one attached hydrogen (secondary N) is 3. The summed E-state index contributed by atoms with van der Waals surface area (Å²) < 4.78 is 11.2. The van der Waals surface area contributed by atoms with Crippen LogP contribution < -0.4 is 56.3 Å². The number of carbonyl (C=O) groups excluding carboxylic acids is 6. The minimum Gasteiger partial charge on any atom is -0.545 e. The normalized spacial score (nSPS) is 10.8. The number of hydrogen-bond donors (Lipinski definition) is 4. The van der Waals surface area contributed by atoms with Gasteiger partial charge >= 0.3 is 41.5 Å². The Morgan fingerprint density at radius 1 is 0.343 bits per heavy atom. The molecule has 3 amide bonds. The molecule has 0 saturated heterocycles. The molecule has 504 valence electrons. The number of esters is 2. The van der Waals surface area contributed by atoms with Gasteiger partial charge in [-0.05, 0) is 166 Å². The number of carboxylic acids is 1. The third-order valence-electron chi connectivity index (χ3n) is 15.8. The van der Waals surface area contributed by atoms with Gasteiger partial charge in [-0.3, -0.25) is 29.3 Å². The van der Waals surface area contributed by atoms with E-state index in [4.69, 9.17) is 15.2 Å². The minimum absolute atomic E-state index is 0. The number of nitrogens with zero attached hydrogens (tertiary/aromatic N) is 3. The van der Waals surface area contributed by atoms with E-state index in [9.17, 15) is 33.9 Å². The minimum atomic E-state index is -1.36. The van der Waals surface area contributed by atoms with Crippen molar-refractivity contribution in [2.24, 2.45) is 0 Å². The fourth-order valence-electron chi connectivity index (χ4n) is 10.8. The molecule has 9 aromatic carbocycles. The van der Waals surface area contributed by atoms with Crippen molar-refractivity contribution in [2.75, 3.05) is 21.7 Å². The average molecular weight is 1360 g/mol. The third-order valence-corrected chi connectivity index (χ3v) is 15.8. The van der Waals surface area contributed by atoms with E-state index in [2.05, 4.69) is 30.9 Å². The first-order valence-electron chi connectivity index (χ1n) is 32.5. The number of carboxylic acid groups (broad SMARTS) is 1. The number of rotatable bonds is 15. The Labute approximate surface area is 615 Å². The van der Waals surface area contributed by atoms with Crippen LogP contribution in [0.25, 0.3) is 66.8 Å². The van der Waals surface area contributed by atoms with Gasteiger partial charge in [-0.1, -0.05) is 182 Å². The Kier molecular flexibility index (Phi) is 24.6. The van der Waals surface area contributed by atoms with Crippen molar-refractivity contribution in [1.82, 2.24) is 15.0 Å². The summed E-state index contributed by atoms with van der Waals surface area (Å²) in [5.41, 5.74) is 20.5. The van der Waals surface area contributed by atoms with Crippen LogP contribution in [0.4, 0.5) is 22.7 Å². The summed E-state index contributed by atoms with van der Waals surface area (Å²) in [6.45, 7) is 14.8. The first-order chi connectivity index (χ1) is 48.4. The summed E-state index contributed by atoms with van der Waals surface area (Å²) in [5.74, 6) is -3.59.